The number of thiazole rings is 1. The summed E-state index contributed by atoms with van der Waals surface area (Å²) in [6.45, 7) is 6.21. The first-order chi connectivity index (χ1) is 20.0. The number of fused-ring (bicyclic) bond motifs is 2. The van der Waals surface area contributed by atoms with Crippen LogP contribution in [-0.4, -0.2) is 27.5 Å². The molecule has 0 bridgehead atoms. The molecule has 4 aromatic rings. The van der Waals surface area contributed by atoms with E-state index in [1.165, 1.54) is 21.2 Å². The van der Waals surface area contributed by atoms with Crippen molar-refractivity contribution in [2.24, 2.45) is 5.92 Å². The lowest BCUT2D eigenvalue weighted by Gasteiger charge is -2.31. The number of hydrogen-bond acceptors (Lipinski definition) is 6. The second-order valence-corrected chi connectivity index (χ2v) is 14.5. The lowest BCUT2D eigenvalue weighted by molar-refractivity contribution is -0.122. The van der Waals surface area contributed by atoms with Crippen LogP contribution in [-0.2, 0) is 26.3 Å². The smallest absolute Gasteiger partial charge is 0.308 e. The molecule has 3 amide bonds. The predicted octanol–water partition coefficient (Wildman–Crippen LogP) is 6.40. The quantitative estimate of drug-likeness (QED) is 0.250. The first-order valence-corrected chi connectivity index (χ1v) is 16.0. The molecule has 6 rings (SSSR count). The van der Waals surface area contributed by atoms with Gasteiger partial charge in [-0.3, -0.25) is 23.7 Å². The summed E-state index contributed by atoms with van der Waals surface area (Å²) in [5.74, 6) is -2.15. The molecule has 1 N–H and O–H groups in total. The Morgan fingerprint density at radius 1 is 0.905 bits per heavy atom. The molecule has 1 fully saturated rings. The minimum absolute atomic E-state index is 0.0631. The number of thioether (sulfide) groups is 1. The first kappa shape index (κ1) is 28.6. The summed E-state index contributed by atoms with van der Waals surface area (Å²) in [5, 5.41) is 2.67. The zero-order valence-corrected chi connectivity index (χ0v) is 26.4. The number of imide groups is 1. The van der Waals surface area contributed by atoms with Crippen LogP contribution in [0.3, 0.4) is 0 Å². The van der Waals surface area contributed by atoms with Gasteiger partial charge in [0.15, 0.2) is 0 Å². The number of nitrogens with zero attached hydrogens (tertiary/aromatic N) is 2. The number of rotatable bonds is 5. The molecule has 3 aromatic carbocycles. The highest BCUT2D eigenvalue weighted by Crippen LogP contribution is 2.54. The summed E-state index contributed by atoms with van der Waals surface area (Å²) < 4.78 is 2.28. The summed E-state index contributed by atoms with van der Waals surface area (Å²) in [6.07, 6.45) is 0. The molecular weight excluding hydrogens is 634 g/mol. The lowest BCUT2D eigenvalue weighted by atomic mass is 9.81. The molecule has 2 aliphatic rings. The fourth-order valence-electron chi connectivity index (χ4n) is 5.52. The van der Waals surface area contributed by atoms with E-state index in [0.717, 1.165) is 26.9 Å². The third-order valence-corrected chi connectivity index (χ3v) is 10.8. The molecule has 1 saturated heterocycles. The lowest BCUT2D eigenvalue weighted by Crippen LogP contribution is -2.33. The summed E-state index contributed by atoms with van der Waals surface area (Å²) >= 11 is 5.68. The van der Waals surface area contributed by atoms with Crippen LogP contribution < -0.4 is 15.1 Å². The minimum atomic E-state index is -0.738. The predicted molar refractivity (Wildman–Crippen MR) is 170 cm³/mol. The molecule has 214 valence electrons. The zero-order chi connectivity index (χ0) is 29.8. The van der Waals surface area contributed by atoms with Crippen molar-refractivity contribution in [1.29, 1.82) is 0 Å². The van der Waals surface area contributed by atoms with E-state index in [1.54, 1.807) is 36.4 Å². The maximum atomic E-state index is 14.1. The summed E-state index contributed by atoms with van der Waals surface area (Å²) in [7, 11) is 0. The van der Waals surface area contributed by atoms with Gasteiger partial charge in [0.1, 0.15) is 11.8 Å². The molecule has 3 unspecified atom stereocenters. The first-order valence-electron chi connectivity index (χ1n) is 13.5. The second-order valence-electron chi connectivity index (χ2n) is 11.4. The van der Waals surface area contributed by atoms with E-state index in [4.69, 9.17) is 0 Å². The van der Waals surface area contributed by atoms with Gasteiger partial charge in [-0.1, -0.05) is 102 Å². The second kappa shape index (κ2) is 11.0. The van der Waals surface area contributed by atoms with Crippen molar-refractivity contribution in [3.05, 3.63) is 109 Å². The van der Waals surface area contributed by atoms with Gasteiger partial charge in [0.25, 0.3) is 0 Å². The van der Waals surface area contributed by atoms with Crippen molar-refractivity contribution < 1.29 is 14.4 Å². The van der Waals surface area contributed by atoms with E-state index in [0.29, 0.717) is 21.3 Å². The van der Waals surface area contributed by atoms with Gasteiger partial charge >= 0.3 is 4.87 Å². The Hall–Kier alpha value is -3.47. The number of nitrogens with one attached hydrogen (secondary N) is 1. The number of para-hydroxylation sites is 1. The Bertz CT molecular complexity index is 1740. The van der Waals surface area contributed by atoms with Gasteiger partial charge in [-0.25, -0.2) is 4.90 Å². The van der Waals surface area contributed by atoms with Crippen LogP contribution in [0.1, 0.15) is 42.7 Å². The number of benzene rings is 3. The van der Waals surface area contributed by atoms with Gasteiger partial charge in [0.2, 0.25) is 17.7 Å². The molecule has 0 radical (unpaired) electrons. The molecular formula is C32H28BrN3O4S2. The third-order valence-electron chi connectivity index (χ3n) is 7.63. The van der Waals surface area contributed by atoms with E-state index in [-0.39, 0.29) is 34.6 Å². The van der Waals surface area contributed by atoms with Gasteiger partial charge in [-0.15, -0.1) is 0 Å². The highest BCUT2D eigenvalue weighted by molar-refractivity contribution is 9.10. The van der Waals surface area contributed by atoms with Gasteiger partial charge < -0.3 is 5.32 Å². The maximum absolute atomic E-state index is 14.1. The molecule has 0 spiro atoms. The van der Waals surface area contributed by atoms with Crippen molar-refractivity contribution in [3.8, 4) is 0 Å². The van der Waals surface area contributed by atoms with E-state index in [9.17, 15) is 19.2 Å². The third kappa shape index (κ3) is 5.16. The normalized spacial score (nSPS) is 19.9. The van der Waals surface area contributed by atoms with Crippen molar-refractivity contribution >= 4 is 68.1 Å². The number of anilines is 2. The summed E-state index contributed by atoms with van der Waals surface area (Å²) in [5.41, 5.74) is 3.08. The number of amides is 3. The van der Waals surface area contributed by atoms with E-state index in [2.05, 4.69) is 42.0 Å². The highest BCUT2D eigenvalue weighted by Gasteiger charge is 2.56. The van der Waals surface area contributed by atoms with Crippen LogP contribution in [0, 0.1) is 5.92 Å². The summed E-state index contributed by atoms with van der Waals surface area (Å²) in [6, 6.07) is 24.2. The van der Waals surface area contributed by atoms with E-state index < -0.39 is 17.1 Å². The van der Waals surface area contributed by atoms with Gasteiger partial charge in [-0.2, -0.15) is 0 Å². The highest BCUT2D eigenvalue weighted by atomic mass is 79.9. The fraction of sp³-hybridized carbons (Fsp3) is 0.250. The monoisotopic (exact) mass is 661 g/mol. The maximum Gasteiger partial charge on any atom is 0.308 e. The number of hydrogen-bond donors (Lipinski definition) is 1. The molecule has 0 aliphatic carbocycles. The van der Waals surface area contributed by atoms with Crippen LogP contribution in [0.4, 0.5) is 11.4 Å². The molecule has 0 saturated carbocycles. The van der Waals surface area contributed by atoms with E-state index in [1.807, 2.05) is 42.5 Å². The molecule has 42 heavy (non-hydrogen) atoms. The molecule has 1 aromatic heterocycles. The average molecular weight is 663 g/mol. The molecule has 7 nitrogen and oxygen atoms in total. The Morgan fingerprint density at radius 3 is 2.21 bits per heavy atom. The fourth-order valence-corrected chi connectivity index (χ4v) is 8.55. The van der Waals surface area contributed by atoms with Gasteiger partial charge in [0.05, 0.1) is 16.6 Å². The molecule has 3 atom stereocenters. The molecule has 3 heterocycles. The van der Waals surface area contributed by atoms with Gasteiger partial charge in [-0.05, 0) is 52.9 Å². The van der Waals surface area contributed by atoms with Crippen molar-refractivity contribution in [2.45, 2.75) is 48.9 Å². The van der Waals surface area contributed by atoms with Crippen LogP contribution in [0.15, 0.2) is 93.2 Å². The van der Waals surface area contributed by atoms with E-state index >= 15 is 0 Å². The van der Waals surface area contributed by atoms with Gasteiger partial charge in [0, 0.05) is 21.0 Å². The SMILES string of the molecule is CC(C)(C)c1ccc(C2c3sc(=O)n(CC(=O)Nc4ccccc4)c3SC3C(=O)N(c4ccc(Br)cc4)C(=O)C32)cc1. The van der Waals surface area contributed by atoms with Crippen LogP contribution in [0.2, 0.25) is 0 Å². The van der Waals surface area contributed by atoms with Crippen molar-refractivity contribution in [1.82, 2.24) is 4.57 Å². The number of aromatic nitrogens is 1. The van der Waals surface area contributed by atoms with Crippen molar-refractivity contribution in [3.63, 3.8) is 0 Å². The van der Waals surface area contributed by atoms with Crippen LogP contribution in [0.5, 0.6) is 0 Å². The Labute approximate surface area is 260 Å². The standard InChI is InChI=1S/C32H28BrN3O4S2/c1-32(2,3)19-11-9-18(10-12-19)24-25-26(29(39)36(28(25)38)22-15-13-20(33)14-16-22)41-30-27(24)42-31(40)35(30)17-23(37)34-21-7-5-4-6-8-21/h4-16,24-26H,17H2,1-3H3,(H,34,37). The summed E-state index contributed by atoms with van der Waals surface area (Å²) in [4.78, 5) is 56.0. The molecule has 10 heteroatoms. The number of halogens is 1. The van der Waals surface area contributed by atoms with Crippen molar-refractivity contribution in [2.75, 3.05) is 10.2 Å². The number of carbonyl (C=O) groups excluding carboxylic acids is 3. The zero-order valence-electron chi connectivity index (χ0n) is 23.2. The Morgan fingerprint density at radius 2 is 1.57 bits per heavy atom. The number of carbonyl (C=O) groups is 3. The van der Waals surface area contributed by atoms with Crippen LogP contribution in [0.25, 0.3) is 0 Å². The average Bonchev–Trinajstić information content (AvgIpc) is 3.40. The van der Waals surface area contributed by atoms with Crippen LogP contribution >= 0.6 is 39.0 Å². The Balaban J connectivity index is 1.43. The minimum Gasteiger partial charge on any atom is -0.325 e. The molecule has 2 aliphatic heterocycles. The topological polar surface area (TPSA) is 88.5 Å². The Kier molecular flexibility index (Phi) is 7.49. The largest absolute Gasteiger partial charge is 0.325 e.